The Kier molecular flexibility index (Phi) is 3.95. The van der Waals surface area contributed by atoms with Gasteiger partial charge >= 0.3 is 0 Å². The number of aldehydes is 1. The number of hydrogen-bond donors (Lipinski definition) is 1. The van der Waals surface area contributed by atoms with E-state index in [9.17, 15) is 9.18 Å². The third-order valence-corrected chi connectivity index (χ3v) is 1.14. The van der Waals surface area contributed by atoms with Crippen molar-refractivity contribution in [3.63, 3.8) is 0 Å². The first-order chi connectivity index (χ1) is 5.17. The lowest BCUT2D eigenvalue weighted by Gasteiger charge is -2.05. The van der Waals surface area contributed by atoms with Gasteiger partial charge in [0.1, 0.15) is 0 Å². The topological polar surface area (TPSA) is 52.3 Å². The summed E-state index contributed by atoms with van der Waals surface area (Å²) in [7, 11) is 1.26. The standard InChI is InChI=1S/C7H10FNO2/c1-3-6(8)5(4-10)7(9)11-2/h3-4,6H,1,9H2,2H3/b7-5+. The molecule has 0 rings (SSSR count). The van der Waals surface area contributed by atoms with E-state index < -0.39 is 6.17 Å². The van der Waals surface area contributed by atoms with Crippen LogP contribution in [0.25, 0.3) is 0 Å². The van der Waals surface area contributed by atoms with Gasteiger partial charge in [-0.1, -0.05) is 12.7 Å². The maximum Gasteiger partial charge on any atom is 0.193 e. The maximum absolute atomic E-state index is 12.7. The molecule has 0 aromatic rings. The molecule has 0 aliphatic heterocycles. The van der Waals surface area contributed by atoms with Crippen LogP contribution in [0, 0.1) is 0 Å². The lowest BCUT2D eigenvalue weighted by molar-refractivity contribution is -0.105. The molecule has 1 atom stereocenters. The van der Waals surface area contributed by atoms with Gasteiger partial charge in [-0.15, -0.1) is 0 Å². The second-order valence-electron chi connectivity index (χ2n) is 1.78. The minimum atomic E-state index is -1.56. The number of rotatable bonds is 4. The predicted molar refractivity (Wildman–Crippen MR) is 39.4 cm³/mol. The molecule has 0 aromatic carbocycles. The molecular formula is C7H10FNO2. The second-order valence-corrected chi connectivity index (χ2v) is 1.78. The third-order valence-electron chi connectivity index (χ3n) is 1.14. The number of carbonyl (C=O) groups excluding carboxylic acids is 1. The number of methoxy groups -OCH3 is 1. The Morgan fingerprint density at radius 2 is 2.36 bits per heavy atom. The third kappa shape index (κ3) is 2.41. The van der Waals surface area contributed by atoms with Crippen LogP contribution in [0.4, 0.5) is 4.39 Å². The molecule has 11 heavy (non-hydrogen) atoms. The Bertz CT molecular complexity index is 189. The van der Waals surface area contributed by atoms with Crippen LogP contribution < -0.4 is 5.73 Å². The van der Waals surface area contributed by atoms with Gasteiger partial charge in [0.25, 0.3) is 0 Å². The van der Waals surface area contributed by atoms with Crippen LogP contribution in [0.15, 0.2) is 24.1 Å². The van der Waals surface area contributed by atoms with Gasteiger partial charge in [0.15, 0.2) is 18.3 Å². The summed E-state index contributed by atoms with van der Waals surface area (Å²) >= 11 is 0. The van der Waals surface area contributed by atoms with E-state index in [4.69, 9.17) is 5.73 Å². The van der Waals surface area contributed by atoms with Crippen LogP contribution in [0.3, 0.4) is 0 Å². The van der Waals surface area contributed by atoms with E-state index in [1.165, 1.54) is 7.11 Å². The number of carbonyl (C=O) groups is 1. The van der Waals surface area contributed by atoms with Gasteiger partial charge < -0.3 is 10.5 Å². The Balaban J connectivity index is 4.63. The highest BCUT2D eigenvalue weighted by Crippen LogP contribution is 2.07. The number of hydrogen-bond acceptors (Lipinski definition) is 3. The molecule has 1 unspecified atom stereocenters. The van der Waals surface area contributed by atoms with Crippen molar-refractivity contribution in [1.82, 2.24) is 0 Å². The van der Waals surface area contributed by atoms with Crippen molar-refractivity contribution in [2.45, 2.75) is 6.17 Å². The van der Waals surface area contributed by atoms with Crippen molar-refractivity contribution in [3.05, 3.63) is 24.1 Å². The van der Waals surface area contributed by atoms with Crippen molar-refractivity contribution in [1.29, 1.82) is 0 Å². The second kappa shape index (κ2) is 4.49. The Morgan fingerprint density at radius 3 is 2.64 bits per heavy atom. The lowest BCUT2D eigenvalue weighted by Crippen LogP contribution is -2.12. The number of halogens is 1. The first-order valence-corrected chi connectivity index (χ1v) is 2.92. The van der Waals surface area contributed by atoms with E-state index in [0.29, 0.717) is 6.29 Å². The van der Waals surface area contributed by atoms with E-state index in [0.717, 1.165) is 6.08 Å². The Morgan fingerprint density at radius 1 is 1.82 bits per heavy atom. The molecule has 0 bridgehead atoms. The molecule has 0 aromatic heterocycles. The van der Waals surface area contributed by atoms with Crippen LogP contribution in [-0.2, 0) is 9.53 Å². The van der Waals surface area contributed by atoms with Crippen LogP contribution in [0.1, 0.15) is 0 Å². The fourth-order valence-corrected chi connectivity index (χ4v) is 0.504. The van der Waals surface area contributed by atoms with Crippen molar-refractivity contribution < 1.29 is 13.9 Å². The number of alkyl halides is 1. The highest BCUT2D eigenvalue weighted by Gasteiger charge is 2.12. The molecule has 2 N–H and O–H groups in total. The zero-order chi connectivity index (χ0) is 8.85. The van der Waals surface area contributed by atoms with Crippen LogP contribution in [-0.4, -0.2) is 19.6 Å². The van der Waals surface area contributed by atoms with Crippen molar-refractivity contribution >= 4 is 6.29 Å². The molecule has 3 nitrogen and oxygen atoms in total. The van der Waals surface area contributed by atoms with Gasteiger partial charge in [-0.2, -0.15) is 0 Å². The minimum absolute atomic E-state index is 0.215. The molecule has 0 heterocycles. The van der Waals surface area contributed by atoms with Gasteiger partial charge in [-0.3, -0.25) is 4.79 Å². The maximum atomic E-state index is 12.7. The van der Waals surface area contributed by atoms with E-state index >= 15 is 0 Å². The highest BCUT2D eigenvalue weighted by molar-refractivity contribution is 5.76. The molecule has 0 aliphatic carbocycles. The molecule has 0 saturated carbocycles. The first kappa shape index (κ1) is 9.68. The monoisotopic (exact) mass is 159 g/mol. The summed E-state index contributed by atoms with van der Waals surface area (Å²) in [6.07, 6.45) is -0.284. The summed E-state index contributed by atoms with van der Waals surface area (Å²) in [4.78, 5) is 10.2. The van der Waals surface area contributed by atoms with Crippen molar-refractivity contribution in [2.24, 2.45) is 5.73 Å². The molecule has 0 amide bonds. The van der Waals surface area contributed by atoms with Gasteiger partial charge in [-0.05, 0) is 0 Å². The van der Waals surface area contributed by atoms with Crippen LogP contribution >= 0.6 is 0 Å². The largest absolute Gasteiger partial charge is 0.482 e. The average Bonchev–Trinajstić information content (AvgIpc) is 2.05. The van der Waals surface area contributed by atoms with E-state index in [2.05, 4.69) is 11.3 Å². The molecule has 0 saturated heterocycles. The number of ether oxygens (including phenoxy) is 1. The molecule has 0 spiro atoms. The van der Waals surface area contributed by atoms with Gasteiger partial charge in [-0.25, -0.2) is 4.39 Å². The molecular weight excluding hydrogens is 149 g/mol. The van der Waals surface area contributed by atoms with Gasteiger partial charge in [0.2, 0.25) is 0 Å². The average molecular weight is 159 g/mol. The van der Waals surface area contributed by atoms with Gasteiger partial charge in [0.05, 0.1) is 12.7 Å². The Labute approximate surface area is 64.3 Å². The summed E-state index contributed by atoms with van der Waals surface area (Å²) in [5.41, 5.74) is 4.91. The van der Waals surface area contributed by atoms with E-state index in [-0.39, 0.29) is 11.5 Å². The van der Waals surface area contributed by atoms with Crippen LogP contribution in [0.5, 0.6) is 0 Å². The summed E-state index contributed by atoms with van der Waals surface area (Å²) in [5, 5.41) is 0. The molecule has 62 valence electrons. The number of nitrogens with two attached hydrogens (primary N) is 1. The minimum Gasteiger partial charge on any atom is -0.482 e. The summed E-state index contributed by atoms with van der Waals surface area (Å²) in [5.74, 6) is -0.215. The quantitative estimate of drug-likeness (QED) is 0.281. The summed E-state index contributed by atoms with van der Waals surface area (Å²) in [6, 6.07) is 0. The summed E-state index contributed by atoms with van der Waals surface area (Å²) in [6.45, 7) is 3.17. The molecule has 0 aliphatic rings. The molecule has 0 fully saturated rings. The van der Waals surface area contributed by atoms with Crippen molar-refractivity contribution in [2.75, 3.05) is 7.11 Å². The zero-order valence-corrected chi connectivity index (χ0v) is 6.21. The van der Waals surface area contributed by atoms with E-state index in [1.807, 2.05) is 0 Å². The molecule has 4 heteroatoms. The van der Waals surface area contributed by atoms with Crippen molar-refractivity contribution in [3.8, 4) is 0 Å². The normalized spacial score (nSPS) is 14.7. The fraction of sp³-hybridized carbons (Fsp3) is 0.286. The Hall–Kier alpha value is -1.32. The predicted octanol–water partition coefficient (Wildman–Crippen LogP) is 0.526. The number of allylic oxidation sites excluding steroid dienone is 2. The smallest absolute Gasteiger partial charge is 0.193 e. The SMILES string of the molecule is C=CC(F)/C(C=O)=C(\N)OC. The zero-order valence-electron chi connectivity index (χ0n) is 6.21. The highest BCUT2D eigenvalue weighted by atomic mass is 19.1. The molecule has 0 radical (unpaired) electrons. The summed E-state index contributed by atoms with van der Waals surface area (Å²) < 4.78 is 17.1. The van der Waals surface area contributed by atoms with Crippen LogP contribution in [0.2, 0.25) is 0 Å². The van der Waals surface area contributed by atoms with E-state index in [1.54, 1.807) is 0 Å². The fourth-order valence-electron chi connectivity index (χ4n) is 0.504. The van der Waals surface area contributed by atoms with Gasteiger partial charge in [0, 0.05) is 0 Å². The first-order valence-electron chi connectivity index (χ1n) is 2.92. The lowest BCUT2D eigenvalue weighted by atomic mass is 10.2.